The van der Waals surface area contributed by atoms with E-state index in [1.165, 1.54) is 11.4 Å². The molecule has 0 saturated carbocycles. The molecule has 0 aliphatic carbocycles. The van der Waals surface area contributed by atoms with E-state index in [-0.39, 0.29) is 0 Å². The van der Waals surface area contributed by atoms with Crippen molar-refractivity contribution in [3.63, 3.8) is 0 Å². The first kappa shape index (κ1) is 15.5. The van der Waals surface area contributed by atoms with Gasteiger partial charge in [-0.3, -0.25) is 9.58 Å². The minimum absolute atomic E-state index is 0.312. The first-order chi connectivity index (χ1) is 9.76. The summed E-state index contributed by atoms with van der Waals surface area (Å²) in [6.45, 7) is 13.3. The molecule has 20 heavy (non-hydrogen) atoms. The molecule has 5 nitrogen and oxygen atoms in total. The van der Waals surface area contributed by atoms with Gasteiger partial charge in [-0.15, -0.1) is 0 Å². The summed E-state index contributed by atoms with van der Waals surface area (Å²) in [5.41, 5.74) is 2.45. The zero-order chi connectivity index (χ0) is 14.4. The Morgan fingerprint density at radius 1 is 1.35 bits per heavy atom. The molecule has 1 aliphatic rings. The molecule has 1 aliphatic heterocycles. The Morgan fingerprint density at radius 3 is 2.90 bits per heavy atom. The number of hydrogen-bond acceptors (Lipinski definition) is 4. The quantitative estimate of drug-likeness (QED) is 0.817. The third kappa shape index (κ3) is 4.04. The molecule has 0 aromatic carbocycles. The molecule has 1 unspecified atom stereocenters. The third-order valence-electron chi connectivity index (χ3n) is 3.92. The molecule has 1 atom stereocenters. The van der Waals surface area contributed by atoms with Gasteiger partial charge in [0.25, 0.3) is 0 Å². The fourth-order valence-corrected chi connectivity index (χ4v) is 2.66. The molecular weight excluding hydrogens is 252 g/mol. The lowest BCUT2D eigenvalue weighted by atomic mass is 10.2. The van der Waals surface area contributed by atoms with Crippen molar-refractivity contribution in [2.75, 3.05) is 32.8 Å². The van der Waals surface area contributed by atoms with E-state index in [0.717, 1.165) is 52.3 Å². The predicted octanol–water partition coefficient (Wildman–Crippen LogP) is 1.28. The molecule has 1 aromatic heterocycles. The van der Waals surface area contributed by atoms with Gasteiger partial charge in [0.15, 0.2) is 0 Å². The van der Waals surface area contributed by atoms with Crippen LogP contribution in [-0.2, 0) is 24.2 Å². The van der Waals surface area contributed by atoms with Crippen molar-refractivity contribution in [3.8, 4) is 0 Å². The molecule has 1 aromatic rings. The molecule has 1 fully saturated rings. The molecular formula is C15H28N4O. The number of rotatable bonds is 7. The van der Waals surface area contributed by atoms with Gasteiger partial charge in [-0.25, -0.2) is 0 Å². The maximum absolute atomic E-state index is 5.80. The van der Waals surface area contributed by atoms with Gasteiger partial charge < -0.3 is 10.1 Å². The van der Waals surface area contributed by atoms with Crippen molar-refractivity contribution in [1.29, 1.82) is 0 Å². The summed E-state index contributed by atoms with van der Waals surface area (Å²) in [4.78, 5) is 2.45. The Morgan fingerprint density at radius 2 is 2.20 bits per heavy atom. The molecule has 0 radical (unpaired) electrons. The topological polar surface area (TPSA) is 42.3 Å². The summed E-state index contributed by atoms with van der Waals surface area (Å²) in [7, 11) is 0. The van der Waals surface area contributed by atoms with Crippen LogP contribution < -0.4 is 5.32 Å². The third-order valence-corrected chi connectivity index (χ3v) is 3.92. The number of aryl methyl sites for hydroxylation is 2. The normalized spacial score (nSPS) is 20.4. The number of likely N-dealkylation sites (N-methyl/N-ethyl adjacent to an activating group) is 1. The van der Waals surface area contributed by atoms with Crippen LogP contribution in [0, 0.1) is 0 Å². The second kappa shape index (κ2) is 7.76. The van der Waals surface area contributed by atoms with E-state index in [4.69, 9.17) is 4.74 Å². The minimum atomic E-state index is 0.312. The van der Waals surface area contributed by atoms with Crippen LogP contribution in [0.2, 0.25) is 0 Å². The Labute approximate surface area is 122 Å². The molecule has 2 rings (SSSR count). The fourth-order valence-electron chi connectivity index (χ4n) is 2.66. The fraction of sp³-hybridized carbons (Fsp3) is 0.800. The lowest BCUT2D eigenvalue weighted by Gasteiger charge is -2.32. The summed E-state index contributed by atoms with van der Waals surface area (Å²) in [5, 5.41) is 8.09. The molecule has 1 saturated heterocycles. The van der Waals surface area contributed by atoms with Crippen LogP contribution in [-0.4, -0.2) is 53.6 Å². The van der Waals surface area contributed by atoms with Crippen molar-refractivity contribution in [3.05, 3.63) is 17.5 Å². The van der Waals surface area contributed by atoms with Gasteiger partial charge in [0, 0.05) is 32.7 Å². The van der Waals surface area contributed by atoms with Gasteiger partial charge in [0.05, 0.1) is 24.1 Å². The van der Waals surface area contributed by atoms with Crippen LogP contribution in [0.3, 0.4) is 0 Å². The standard InChI is InChI=1S/C15H28N4O/c1-4-13-9-14(19(6-3)17-13)10-16-11-15-12-18(5-2)7-8-20-15/h9,15-16H,4-8,10-12H2,1-3H3. The summed E-state index contributed by atoms with van der Waals surface area (Å²) in [6, 6.07) is 2.20. The van der Waals surface area contributed by atoms with E-state index in [1.807, 2.05) is 0 Å². The van der Waals surface area contributed by atoms with Crippen molar-refractivity contribution in [1.82, 2.24) is 20.0 Å². The molecule has 1 N–H and O–H groups in total. The first-order valence-electron chi connectivity index (χ1n) is 7.87. The maximum Gasteiger partial charge on any atom is 0.0826 e. The summed E-state index contributed by atoms with van der Waals surface area (Å²) in [6.07, 6.45) is 1.31. The van der Waals surface area contributed by atoms with Gasteiger partial charge in [0.1, 0.15) is 0 Å². The second-order valence-corrected chi connectivity index (χ2v) is 5.31. The lowest BCUT2D eigenvalue weighted by molar-refractivity contribution is -0.0254. The highest BCUT2D eigenvalue weighted by atomic mass is 16.5. The smallest absolute Gasteiger partial charge is 0.0826 e. The zero-order valence-corrected chi connectivity index (χ0v) is 13.1. The zero-order valence-electron chi connectivity index (χ0n) is 13.1. The van der Waals surface area contributed by atoms with E-state index in [1.54, 1.807) is 0 Å². The number of aromatic nitrogens is 2. The van der Waals surface area contributed by atoms with Gasteiger partial charge in [0.2, 0.25) is 0 Å². The second-order valence-electron chi connectivity index (χ2n) is 5.31. The Balaban J connectivity index is 1.79. The summed E-state index contributed by atoms with van der Waals surface area (Å²) >= 11 is 0. The minimum Gasteiger partial charge on any atom is -0.374 e. The highest BCUT2D eigenvalue weighted by Gasteiger charge is 2.18. The highest BCUT2D eigenvalue weighted by molar-refractivity contribution is 5.10. The van der Waals surface area contributed by atoms with Crippen LogP contribution in [0.4, 0.5) is 0 Å². The predicted molar refractivity (Wildman–Crippen MR) is 80.8 cm³/mol. The number of morpholine rings is 1. The average Bonchev–Trinajstić information content (AvgIpc) is 2.90. The van der Waals surface area contributed by atoms with E-state index in [0.29, 0.717) is 6.10 Å². The average molecular weight is 280 g/mol. The first-order valence-corrected chi connectivity index (χ1v) is 7.87. The lowest BCUT2D eigenvalue weighted by Crippen LogP contribution is -2.46. The molecule has 114 valence electrons. The van der Waals surface area contributed by atoms with Crippen LogP contribution in [0.1, 0.15) is 32.2 Å². The highest BCUT2D eigenvalue weighted by Crippen LogP contribution is 2.07. The molecule has 0 bridgehead atoms. The maximum atomic E-state index is 5.80. The molecule has 0 amide bonds. The van der Waals surface area contributed by atoms with Gasteiger partial charge in [-0.05, 0) is 26.0 Å². The molecule has 0 spiro atoms. The van der Waals surface area contributed by atoms with Crippen LogP contribution in [0.15, 0.2) is 6.07 Å². The Hall–Kier alpha value is -0.910. The molecule has 2 heterocycles. The summed E-state index contributed by atoms with van der Waals surface area (Å²) in [5.74, 6) is 0. The van der Waals surface area contributed by atoms with Crippen molar-refractivity contribution >= 4 is 0 Å². The van der Waals surface area contributed by atoms with Crippen LogP contribution in [0.5, 0.6) is 0 Å². The van der Waals surface area contributed by atoms with Crippen molar-refractivity contribution in [2.24, 2.45) is 0 Å². The largest absolute Gasteiger partial charge is 0.374 e. The van der Waals surface area contributed by atoms with Crippen LogP contribution in [0.25, 0.3) is 0 Å². The molecule has 5 heteroatoms. The SMILES string of the molecule is CCc1cc(CNCC2CN(CC)CCO2)n(CC)n1. The van der Waals surface area contributed by atoms with Crippen LogP contribution >= 0.6 is 0 Å². The summed E-state index contributed by atoms with van der Waals surface area (Å²) < 4.78 is 7.89. The van der Waals surface area contributed by atoms with E-state index in [9.17, 15) is 0 Å². The monoisotopic (exact) mass is 280 g/mol. The number of hydrogen-bond donors (Lipinski definition) is 1. The van der Waals surface area contributed by atoms with Gasteiger partial charge in [-0.1, -0.05) is 13.8 Å². The van der Waals surface area contributed by atoms with Crippen molar-refractivity contribution in [2.45, 2.75) is 46.4 Å². The van der Waals surface area contributed by atoms with Gasteiger partial charge in [-0.2, -0.15) is 5.10 Å². The van der Waals surface area contributed by atoms with Gasteiger partial charge >= 0.3 is 0 Å². The Bertz CT molecular complexity index is 405. The van der Waals surface area contributed by atoms with E-state index >= 15 is 0 Å². The number of ether oxygens (including phenoxy) is 1. The number of nitrogens with zero attached hydrogens (tertiary/aromatic N) is 3. The Kier molecular flexibility index (Phi) is 6.01. The number of nitrogens with one attached hydrogen (secondary N) is 1. The van der Waals surface area contributed by atoms with E-state index < -0.39 is 0 Å². The van der Waals surface area contributed by atoms with E-state index in [2.05, 4.69) is 46.8 Å². The van der Waals surface area contributed by atoms with Crippen molar-refractivity contribution < 1.29 is 4.74 Å².